The summed E-state index contributed by atoms with van der Waals surface area (Å²) < 4.78 is 32.4. The Hall–Kier alpha value is -2.06. The first kappa shape index (κ1) is 20.2. The molecule has 1 saturated heterocycles. The number of halogens is 2. The minimum absolute atomic E-state index is 0.0504. The third-order valence-corrected chi connectivity index (χ3v) is 6.32. The van der Waals surface area contributed by atoms with E-state index >= 15 is 0 Å². The van der Waals surface area contributed by atoms with Crippen molar-refractivity contribution in [3.05, 3.63) is 53.4 Å². The number of hydrogen-bond donors (Lipinski definition) is 2. The lowest BCUT2D eigenvalue weighted by Crippen LogP contribution is -2.51. The number of likely N-dealkylation sites (tertiary alicyclic amines) is 1. The lowest BCUT2D eigenvalue weighted by molar-refractivity contribution is -0.135. The van der Waals surface area contributed by atoms with E-state index < -0.39 is 17.8 Å². The Morgan fingerprint density at radius 3 is 2.79 bits per heavy atom. The Labute approximate surface area is 174 Å². The van der Waals surface area contributed by atoms with Crippen molar-refractivity contribution >= 4 is 23.6 Å². The highest BCUT2D eigenvalue weighted by Gasteiger charge is 2.39. The molecule has 8 heteroatoms. The number of rotatable bonds is 4. The molecule has 2 N–H and O–H groups in total. The Morgan fingerprint density at radius 1 is 1.24 bits per heavy atom. The normalized spacial score (nSPS) is 24.4. The molecule has 3 aliphatic heterocycles. The van der Waals surface area contributed by atoms with Gasteiger partial charge in [-0.3, -0.25) is 9.52 Å². The number of benzene rings is 1. The molecule has 5 nitrogen and oxygen atoms in total. The summed E-state index contributed by atoms with van der Waals surface area (Å²) in [5.74, 6) is -1.28. The van der Waals surface area contributed by atoms with Crippen LogP contribution >= 0.6 is 11.9 Å². The molecule has 0 aromatic heterocycles. The lowest BCUT2D eigenvalue weighted by Gasteiger charge is -2.36. The van der Waals surface area contributed by atoms with E-state index in [4.69, 9.17) is 0 Å². The summed E-state index contributed by atoms with van der Waals surface area (Å²) in [6, 6.07) is 4.26. The molecule has 1 aromatic carbocycles. The predicted molar refractivity (Wildman–Crippen MR) is 111 cm³/mol. The summed E-state index contributed by atoms with van der Waals surface area (Å²) in [6.07, 6.45) is 9.25. The number of nitrogens with zero attached hydrogens (tertiary/aromatic N) is 2. The zero-order chi connectivity index (χ0) is 20.4. The number of allylic oxidation sites excluding steroid dienone is 2. The Balaban J connectivity index is 1.57. The average molecular weight is 421 g/mol. The van der Waals surface area contributed by atoms with Gasteiger partial charge in [0.2, 0.25) is 0 Å². The second-order valence-electron chi connectivity index (χ2n) is 7.57. The first-order valence-electron chi connectivity index (χ1n) is 10.1. The molecule has 2 atom stereocenters. The van der Waals surface area contributed by atoms with Gasteiger partial charge in [-0.2, -0.15) is 0 Å². The average Bonchev–Trinajstić information content (AvgIpc) is 3.01. The first-order chi connectivity index (χ1) is 14.1. The van der Waals surface area contributed by atoms with Crippen molar-refractivity contribution in [2.45, 2.75) is 44.3 Å². The standard InChI is InChI=1S/C21H26F2N4OS/c1-29-25-14-5-4-11-26(12-10-14)21(28)20-24-13-15-6-2-9-18(27(15)20)19-16(22)7-3-8-17(19)23/h3,7-9,13-14,20,24-25H,2,4-6,10-12H2,1H3/t14-,20?/m0/s1. The quantitative estimate of drug-likeness (QED) is 0.731. The fourth-order valence-electron chi connectivity index (χ4n) is 4.35. The Kier molecular flexibility index (Phi) is 6.10. The monoisotopic (exact) mass is 420 g/mol. The smallest absolute Gasteiger partial charge is 0.266 e. The van der Waals surface area contributed by atoms with Gasteiger partial charge in [0.05, 0.1) is 11.3 Å². The van der Waals surface area contributed by atoms with Crippen molar-refractivity contribution in [3.8, 4) is 0 Å². The summed E-state index contributed by atoms with van der Waals surface area (Å²) in [5, 5.41) is 3.16. The molecule has 3 aliphatic rings. The molecule has 1 unspecified atom stereocenters. The van der Waals surface area contributed by atoms with Gasteiger partial charge in [0.1, 0.15) is 11.6 Å². The van der Waals surface area contributed by atoms with Gasteiger partial charge in [-0.05, 0) is 50.5 Å². The third kappa shape index (κ3) is 4.00. The van der Waals surface area contributed by atoms with Gasteiger partial charge in [0.15, 0.2) is 6.17 Å². The van der Waals surface area contributed by atoms with Crippen LogP contribution in [0.15, 0.2) is 36.2 Å². The minimum Gasteiger partial charge on any atom is -0.362 e. The van der Waals surface area contributed by atoms with Crippen molar-refractivity contribution in [3.63, 3.8) is 0 Å². The molecular weight excluding hydrogens is 394 g/mol. The molecule has 1 fully saturated rings. The Bertz CT molecular complexity index is 824. The van der Waals surface area contributed by atoms with Gasteiger partial charge in [-0.15, -0.1) is 0 Å². The van der Waals surface area contributed by atoms with Crippen molar-refractivity contribution in [2.75, 3.05) is 19.3 Å². The van der Waals surface area contributed by atoms with E-state index in [1.165, 1.54) is 18.2 Å². The zero-order valence-electron chi connectivity index (χ0n) is 16.5. The maximum absolute atomic E-state index is 14.5. The number of amides is 1. The third-order valence-electron chi connectivity index (χ3n) is 5.75. The van der Waals surface area contributed by atoms with E-state index in [0.717, 1.165) is 31.4 Å². The molecule has 3 heterocycles. The predicted octanol–water partition coefficient (Wildman–Crippen LogP) is 3.42. The molecule has 0 spiro atoms. The second-order valence-corrected chi connectivity index (χ2v) is 8.22. The maximum atomic E-state index is 14.5. The zero-order valence-corrected chi connectivity index (χ0v) is 17.3. The number of hydrogen-bond acceptors (Lipinski definition) is 5. The maximum Gasteiger partial charge on any atom is 0.266 e. The molecule has 0 saturated carbocycles. The highest BCUT2D eigenvalue weighted by atomic mass is 32.2. The van der Waals surface area contributed by atoms with Crippen molar-refractivity contribution in [1.29, 1.82) is 0 Å². The van der Waals surface area contributed by atoms with Gasteiger partial charge < -0.3 is 15.1 Å². The van der Waals surface area contributed by atoms with Crippen LogP contribution in [-0.4, -0.2) is 47.3 Å². The molecule has 0 bridgehead atoms. The van der Waals surface area contributed by atoms with E-state index in [1.807, 2.05) is 23.4 Å². The summed E-state index contributed by atoms with van der Waals surface area (Å²) >= 11 is 1.61. The van der Waals surface area contributed by atoms with Crippen LogP contribution < -0.4 is 10.0 Å². The Morgan fingerprint density at radius 2 is 2.03 bits per heavy atom. The molecule has 0 aliphatic carbocycles. The van der Waals surface area contributed by atoms with E-state index in [0.29, 0.717) is 31.2 Å². The number of fused-ring (bicyclic) bond motifs is 1. The van der Waals surface area contributed by atoms with Crippen LogP contribution in [0.5, 0.6) is 0 Å². The summed E-state index contributed by atoms with van der Waals surface area (Å²) in [7, 11) is 0. The van der Waals surface area contributed by atoms with Crippen LogP contribution in [0.4, 0.5) is 8.78 Å². The largest absolute Gasteiger partial charge is 0.362 e. The molecule has 156 valence electrons. The molecular formula is C21H26F2N4OS. The number of carbonyl (C=O) groups excluding carboxylic acids is 1. The van der Waals surface area contributed by atoms with Crippen LogP contribution in [0.3, 0.4) is 0 Å². The van der Waals surface area contributed by atoms with Crippen molar-refractivity contribution in [1.82, 2.24) is 19.8 Å². The molecule has 1 aromatic rings. The summed E-state index contributed by atoms with van der Waals surface area (Å²) in [5.41, 5.74) is 1.25. The number of nitrogens with one attached hydrogen (secondary N) is 2. The van der Waals surface area contributed by atoms with E-state index in [2.05, 4.69) is 10.0 Å². The first-order valence-corrected chi connectivity index (χ1v) is 11.3. The van der Waals surface area contributed by atoms with Crippen LogP contribution in [0.2, 0.25) is 0 Å². The van der Waals surface area contributed by atoms with Gasteiger partial charge in [-0.1, -0.05) is 24.1 Å². The topological polar surface area (TPSA) is 47.6 Å². The van der Waals surface area contributed by atoms with Crippen molar-refractivity contribution < 1.29 is 13.6 Å². The molecule has 1 amide bonds. The van der Waals surface area contributed by atoms with Gasteiger partial charge in [0, 0.05) is 31.0 Å². The van der Waals surface area contributed by atoms with Crippen LogP contribution in [0, 0.1) is 11.6 Å². The second kappa shape index (κ2) is 8.75. The van der Waals surface area contributed by atoms with E-state index in [-0.39, 0.29) is 11.5 Å². The van der Waals surface area contributed by atoms with Crippen LogP contribution in [-0.2, 0) is 4.79 Å². The highest BCUT2D eigenvalue weighted by Crippen LogP contribution is 2.37. The summed E-state index contributed by atoms with van der Waals surface area (Å²) in [4.78, 5) is 17.0. The van der Waals surface area contributed by atoms with Gasteiger partial charge in [-0.25, -0.2) is 8.78 Å². The highest BCUT2D eigenvalue weighted by molar-refractivity contribution is 7.96. The van der Waals surface area contributed by atoms with Crippen molar-refractivity contribution in [2.24, 2.45) is 0 Å². The molecule has 4 rings (SSSR count). The van der Waals surface area contributed by atoms with Gasteiger partial charge in [0.25, 0.3) is 5.91 Å². The van der Waals surface area contributed by atoms with Crippen LogP contribution in [0.25, 0.3) is 5.70 Å². The fourth-order valence-corrected chi connectivity index (χ4v) is 4.92. The van der Waals surface area contributed by atoms with E-state index in [1.54, 1.807) is 16.8 Å². The lowest BCUT2D eigenvalue weighted by atomic mass is 10.0. The fraction of sp³-hybridized carbons (Fsp3) is 0.476. The minimum atomic E-state index is -0.666. The molecule has 0 radical (unpaired) electrons. The van der Waals surface area contributed by atoms with Gasteiger partial charge >= 0.3 is 0 Å². The van der Waals surface area contributed by atoms with Crippen LogP contribution in [0.1, 0.15) is 37.7 Å². The molecule has 29 heavy (non-hydrogen) atoms. The van der Waals surface area contributed by atoms with E-state index in [9.17, 15) is 13.6 Å². The SMILES string of the molecule is CSN[C@H]1CCCN(C(=O)C2NC=C3CCC=C(c4c(F)cccc4F)N32)CC1. The number of carbonyl (C=O) groups is 1. The summed E-state index contributed by atoms with van der Waals surface area (Å²) in [6.45, 7) is 1.37.